The monoisotopic (exact) mass is 411 g/mol. The van der Waals surface area contributed by atoms with Crippen molar-refractivity contribution in [2.45, 2.75) is 80.1 Å². The van der Waals surface area contributed by atoms with Crippen LogP contribution >= 0.6 is 11.8 Å². The van der Waals surface area contributed by atoms with Gasteiger partial charge in [-0.15, -0.1) is 11.8 Å². The first kappa shape index (κ1) is 19.3. The Bertz CT molecular complexity index is 941. The second kappa shape index (κ2) is 7.56. The minimum Gasteiger partial charge on any atom is -0.388 e. The predicted molar refractivity (Wildman–Crippen MR) is 115 cm³/mol. The van der Waals surface area contributed by atoms with Crippen molar-refractivity contribution in [1.29, 1.82) is 0 Å². The van der Waals surface area contributed by atoms with Crippen LogP contribution in [0, 0.1) is 0 Å². The standard InChI is InChI=1S/C23H29N3O2S/c1-29-21-5-3-2-4-17(21)14-25-18-8-9-19(25)13-23(28,12-18)15-26-22(27)11-10-20(24-26)16-6-7-16/h2-5,10-11,16,18-19,28H,6-9,12-15H2,1H3/t18-,19+,23?. The first-order chi connectivity index (χ1) is 14.0. The van der Waals surface area contributed by atoms with Crippen LogP contribution in [0.1, 0.15) is 55.7 Å². The largest absolute Gasteiger partial charge is 0.388 e. The molecule has 2 aliphatic heterocycles. The molecule has 2 bridgehead atoms. The highest BCUT2D eigenvalue weighted by atomic mass is 32.2. The number of aromatic nitrogens is 2. The SMILES string of the molecule is CSc1ccccc1CN1[C@@H]2CC[C@H]1CC(O)(Cn1nc(C3CC3)ccc1=O)C2. The maximum atomic E-state index is 12.4. The molecule has 0 amide bonds. The minimum absolute atomic E-state index is 0.105. The zero-order chi connectivity index (χ0) is 20.0. The van der Waals surface area contributed by atoms with Crippen LogP contribution in [0.5, 0.6) is 0 Å². The molecule has 1 aromatic heterocycles. The molecule has 154 valence electrons. The number of fused-ring (bicyclic) bond motifs is 2. The third kappa shape index (κ3) is 3.90. The summed E-state index contributed by atoms with van der Waals surface area (Å²) in [5, 5.41) is 16.0. The molecular weight excluding hydrogens is 382 g/mol. The van der Waals surface area contributed by atoms with E-state index >= 15 is 0 Å². The average Bonchev–Trinajstić information content (AvgIpc) is 3.52. The van der Waals surface area contributed by atoms with Crippen LogP contribution in [0.4, 0.5) is 0 Å². The van der Waals surface area contributed by atoms with E-state index in [1.807, 2.05) is 6.07 Å². The molecule has 1 aliphatic carbocycles. The molecule has 3 atom stereocenters. The van der Waals surface area contributed by atoms with Crippen LogP contribution < -0.4 is 5.56 Å². The fourth-order valence-electron chi connectivity index (χ4n) is 5.28. The molecule has 5 nitrogen and oxygen atoms in total. The molecule has 0 radical (unpaired) electrons. The number of benzene rings is 1. The topological polar surface area (TPSA) is 58.4 Å². The number of piperidine rings is 1. The average molecular weight is 412 g/mol. The van der Waals surface area contributed by atoms with Crippen molar-refractivity contribution in [2.75, 3.05) is 6.26 Å². The Labute approximate surface area is 176 Å². The molecule has 1 saturated carbocycles. The van der Waals surface area contributed by atoms with E-state index in [4.69, 9.17) is 0 Å². The summed E-state index contributed by atoms with van der Waals surface area (Å²) in [6, 6.07) is 12.8. The van der Waals surface area contributed by atoms with Gasteiger partial charge in [0.1, 0.15) is 0 Å². The molecule has 2 aromatic rings. The maximum Gasteiger partial charge on any atom is 0.266 e. The van der Waals surface area contributed by atoms with Gasteiger partial charge in [-0.3, -0.25) is 9.69 Å². The van der Waals surface area contributed by atoms with Crippen molar-refractivity contribution in [3.63, 3.8) is 0 Å². The Hall–Kier alpha value is -1.63. The first-order valence-electron chi connectivity index (χ1n) is 10.7. The van der Waals surface area contributed by atoms with Gasteiger partial charge in [0, 0.05) is 35.5 Å². The molecule has 0 spiro atoms. The number of hydrogen-bond donors (Lipinski definition) is 1. The fourth-order valence-corrected chi connectivity index (χ4v) is 5.89. The maximum absolute atomic E-state index is 12.4. The zero-order valence-corrected chi connectivity index (χ0v) is 17.8. The van der Waals surface area contributed by atoms with E-state index in [0.717, 1.165) is 37.9 Å². The summed E-state index contributed by atoms with van der Waals surface area (Å²) in [5.74, 6) is 0.506. The van der Waals surface area contributed by atoms with Gasteiger partial charge in [0.15, 0.2) is 0 Å². The van der Waals surface area contributed by atoms with E-state index in [-0.39, 0.29) is 5.56 Å². The lowest BCUT2D eigenvalue weighted by Crippen LogP contribution is -2.53. The molecule has 1 N–H and O–H groups in total. The van der Waals surface area contributed by atoms with Crippen molar-refractivity contribution >= 4 is 11.8 Å². The van der Waals surface area contributed by atoms with Gasteiger partial charge in [-0.25, -0.2) is 4.68 Å². The quantitative estimate of drug-likeness (QED) is 0.739. The van der Waals surface area contributed by atoms with Crippen LogP contribution in [0.25, 0.3) is 0 Å². The highest BCUT2D eigenvalue weighted by Gasteiger charge is 2.47. The van der Waals surface area contributed by atoms with Gasteiger partial charge >= 0.3 is 0 Å². The van der Waals surface area contributed by atoms with Crippen molar-refractivity contribution in [2.24, 2.45) is 0 Å². The van der Waals surface area contributed by atoms with E-state index in [9.17, 15) is 9.90 Å². The molecule has 29 heavy (non-hydrogen) atoms. The van der Waals surface area contributed by atoms with Gasteiger partial charge in [0.2, 0.25) is 0 Å². The van der Waals surface area contributed by atoms with Gasteiger partial charge in [-0.05, 0) is 62.5 Å². The van der Waals surface area contributed by atoms with Crippen LogP contribution in [0.3, 0.4) is 0 Å². The van der Waals surface area contributed by atoms with E-state index in [0.29, 0.717) is 37.4 Å². The van der Waals surface area contributed by atoms with E-state index < -0.39 is 5.60 Å². The summed E-state index contributed by atoms with van der Waals surface area (Å²) in [7, 11) is 0. The normalized spacial score (nSPS) is 29.3. The number of thioether (sulfide) groups is 1. The van der Waals surface area contributed by atoms with E-state index in [2.05, 4.69) is 40.5 Å². The predicted octanol–water partition coefficient (Wildman–Crippen LogP) is 3.40. The van der Waals surface area contributed by atoms with Crippen LogP contribution in [0.15, 0.2) is 46.1 Å². The molecule has 1 unspecified atom stereocenters. The second-order valence-electron chi connectivity index (χ2n) is 9.03. The molecular formula is C23H29N3O2S. The molecule has 1 aromatic carbocycles. The van der Waals surface area contributed by atoms with Crippen molar-refractivity contribution in [3.05, 3.63) is 58.0 Å². The number of nitrogens with zero attached hydrogens (tertiary/aromatic N) is 3. The first-order valence-corrected chi connectivity index (χ1v) is 12.0. The fraction of sp³-hybridized carbons (Fsp3) is 0.565. The smallest absolute Gasteiger partial charge is 0.266 e. The van der Waals surface area contributed by atoms with Gasteiger partial charge in [0.25, 0.3) is 5.56 Å². The summed E-state index contributed by atoms with van der Waals surface area (Å²) >= 11 is 1.80. The van der Waals surface area contributed by atoms with Gasteiger partial charge in [0.05, 0.1) is 17.8 Å². The summed E-state index contributed by atoms with van der Waals surface area (Å²) in [4.78, 5) is 16.3. The van der Waals surface area contributed by atoms with Crippen LogP contribution in [-0.2, 0) is 13.1 Å². The summed E-state index contributed by atoms with van der Waals surface area (Å²) < 4.78 is 1.52. The zero-order valence-electron chi connectivity index (χ0n) is 17.0. The highest BCUT2D eigenvalue weighted by molar-refractivity contribution is 7.98. The minimum atomic E-state index is -0.847. The summed E-state index contributed by atoms with van der Waals surface area (Å²) in [6.45, 7) is 1.26. The van der Waals surface area contributed by atoms with Crippen molar-refractivity contribution < 1.29 is 5.11 Å². The molecule has 3 aliphatic rings. The van der Waals surface area contributed by atoms with E-state index in [1.54, 1.807) is 17.8 Å². The lowest BCUT2D eigenvalue weighted by Gasteiger charge is -2.44. The Morgan fingerprint density at radius 3 is 2.52 bits per heavy atom. The Morgan fingerprint density at radius 1 is 1.10 bits per heavy atom. The molecule has 6 heteroatoms. The van der Waals surface area contributed by atoms with Crippen molar-refractivity contribution in [1.82, 2.24) is 14.7 Å². The lowest BCUT2D eigenvalue weighted by molar-refractivity contribution is -0.0679. The summed E-state index contributed by atoms with van der Waals surface area (Å²) in [6.07, 6.45) is 8.12. The van der Waals surface area contributed by atoms with Crippen LogP contribution in [-0.4, -0.2) is 43.7 Å². The van der Waals surface area contributed by atoms with Gasteiger partial charge in [-0.2, -0.15) is 5.10 Å². The Balaban J connectivity index is 1.33. The molecule has 2 saturated heterocycles. The molecule has 3 fully saturated rings. The Morgan fingerprint density at radius 2 is 1.83 bits per heavy atom. The third-order valence-corrected chi connectivity index (χ3v) is 7.71. The molecule has 3 heterocycles. The molecule has 5 rings (SSSR count). The number of hydrogen-bond acceptors (Lipinski definition) is 5. The highest BCUT2D eigenvalue weighted by Crippen LogP contribution is 2.43. The van der Waals surface area contributed by atoms with Gasteiger partial charge in [-0.1, -0.05) is 18.2 Å². The second-order valence-corrected chi connectivity index (χ2v) is 9.88. The van der Waals surface area contributed by atoms with Crippen molar-refractivity contribution in [3.8, 4) is 0 Å². The number of aliphatic hydroxyl groups is 1. The lowest BCUT2D eigenvalue weighted by atomic mass is 9.85. The van der Waals surface area contributed by atoms with Crippen LogP contribution in [0.2, 0.25) is 0 Å². The Kier molecular flexibility index (Phi) is 5.04. The van der Waals surface area contributed by atoms with E-state index in [1.165, 1.54) is 15.1 Å². The van der Waals surface area contributed by atoms with Gasteiger partial charge < -0.3 is 5.11 Å². The summed E-state index contributed by atoms with van der Waals surface area (Å²) in [5.41, 5.74) is 1.42. The third-order valence-electron chi connectivity index (χ3n) is 6.87. The number of rotatable bonds is 6.